The highest BCUT2D eigenvalue weighted by atomic mass is 19.2. The fraction of sp³-hybridized carbons (Fsp3) is 0.233. The molecule has 6 rings (SSSR count). The van der Waals surface area contributed by atoms with Crippen molar-refractivity contribution in [1.29, 1.82) is 0 Å². The number of hydrogen-bond acceptors (Lipinski definition) is 2. The van der Waals surface area contributed by atoms with Crippen LogP contribution in [0.2, 0.25) is 0 Å². The lowest BCUT2D eigenvalue weighted by Crippen LogP contribution is -2.32. The van der Waals surface area contributed by atoms with Crippen molar-refractivity contribution in [2.24, 2.45) is 0 Å². The van der Waals surface area contributed by atoms with Crippen LogP contribution in [-0.2, 0) is 0 Å². The van der Waals surface area contributed by atoms with Gasteiger partial charge in [-0.15, -0.1) is 0 Å². The van der Waals surface area contributed by atoms with Crippen LogP contribution in [0, 0.1) is 18.6 Å². The first kappa shape index (κ1) is 21.9. The molecule has 35 heavy (non-hydrogen) atoms. The van der Waals surface area contributed by atoms with E-state index in [-0.39, 0.29) is 0 Å². The van der Waals surface area contributed by atoms with Crippen LogP contribution in [0.5, 0.6) is 0 Å². The molecule has 1 fully saturated rings. The van der Waals surface area contributed by atoms with Crippen molar-refractivity contribution in [3.63, 3.8) is 0 Å². The largest absolute Gasteiger partial charge is 0.360 e. The second-order valence-corrected chi connectivity index (χ2v) is 9.66. The van der Waals surface area contributed by atoms with Crippen LogP contribution in [-0.4, -0.2) is 34.0 Å². The first-order valence-corrected chi connectivity index (χ1v) is 12.2. The number of rotatable bonds is 4. The van der Waals surface area contributed by atoms with E-state index in [1.165, 1.54) is 28.8 Å². The lowest BCUT2D eigenvalue weighted by Gasteiger charge is -2.28. The van der Waals surface area contributed by atoms with Crippen LogP contribution in [0.1, 0.15) is 35.4 Å². The zero-order valence-electron chi connectivity index (χ0n) is 19.6. The minimum atomic E-state index is -0.847. The average Bonchev–Trinajstić information content (AvgIpc) is 3.51. The summed E-state index contributed by atoms with van der Waals surface area (Å²) in [5.41, 5.74) is 8.55. The van der Waals surface area contributed by atoms with E-state index < -0.39 is 11.6 Å². The Hall–Kier alpha value is -3.57. The Kier molecular flexibility index (Phi) is 5.57. The third-order valence-electron chi connectivity index (χ3n) is 7.46. The van der Waals surface area contributed by atoms with Crippen molar-refractivity contribution in [3.05, 3.63) is 108 Å². The Morgan fingerprint density at radius 2 is 1.74 bits per heavy atom. The molecule has 2 aliphatic rings. The van der Waals surface area contributed by atoms with Crippen molar-refractivity contribution >= 4 is 5.57 Å². The molecule has 1 saturated heterocycles. The molecule has 0 saturated carbocycles. The van der Waals surface area contributed by atoms with Gasteiger partial charge in [0.1, 0.15) is 0 Å². The number of H-pyrrole nitrogens is 1. The monoisotopic (exact) mass is 467 g/mol. The van der Waals surface area contributed by atoms with Crippen molar-refractivity contribution < 1.29 is 8.78 Å². The quantitative estimate of drug-likeness (QED) is 0.351. The van der Waals surface area contributed by atoms with E-state index in [4.69, 9.17) is 0 Å². The molecule has 4 heterocycles. The van der Waals surface area contributed by atoms with Gasteiger partial charge in [-0.1, -0.05) is 35.9 Å². The highest BCUT2D eigenvalue weighted by molar-refractivity contribution is 5.91. The van der Waals surface area contributed by atoms with Gasteiger partial charge in [0.2, 0.25) is 0 Å². The number of halogens is 2. The van der Waals surface area contributed by atoms with Crippen LogP contribution >= 0.6 is 0 Å². The first-order valence-electron chi connectivity index (χ1n) is 12.2. The highest BCUT2D eigenvalue weighted by Gasteiger charge is 2.34. The average molecular weight is 468 g/mol. The SMILES string of the molecule is Cc1ccc([C@@H]2C[C@H]3C=C(c4c[nH]c(-c5ccc(F)c(F)c5)c4-c4ccncc4)CCN3C2)cc1. The van der Waals surface area contributed by atoms with Crippen molar-refractivity contribution in [2.45, 2.75) is 31.7 Å². The van der Waals surface area contributed by atoms with Crippen molar-refractivity contribution in [3.8, 4) is 22.4 Å². The van der Waals surface area contributed by atoms with E-state index in [2.05, 4.69) is 52.1 Å². The summed E-state index contributed by atoms with van der Waals surface area (Å²) in [5.74, 6) is -1.15. The van der Waals surface area contributed by atoms with E-state index in [0.29, 0.717) is 17.5 Å². The van der Waals surface area contributed by atoms with E-state index in [9.17, 15) is 8.78 Å². The van der Waals surface area contributed by atoms with Gasteiger partial charge in [-0.05, 0) is 72.7 Å². The Morgan fingerprint density at radius 3 is 2.51 bits per heavy atom. The van der Waals surface area contributed by atoms with E-state index in [1.54, 1.807) is 18.5 Å². The Labute approximate surface area is 204 Å². The van der Waals surface area contributed by atoms with Crippen LogP contribution in [0.25, 0.3) is 28.0 Å². The van der Waals surface area contributed by atoms with Crippen LogP contribution < -0.4 is 0 Å². The Balaban J connectivity index is 1.38. The molecule has 4 aromatic rings. The molecule has 0 amide bonds. The summed E-state index contributed by atoms with van der Waals surface area (Å²) in [6.45, 7) is 4.23. The standard InChI is InChI=1S/C30H27F2N3/c1-19-2-4-20(5-3-19)24-15-25-14-22(10-13-35(25)18-24)26-17-34-30(23-6-7-27(31)28(32)16-23)29(26)21-8-11-33-12-9-21/h2-9,11-12,14,16-17,24-25,34H,10,13,15,18H2,1H3/t24-,25-/m1/s1. The molecule has 2 aromatic carbocycles. The number of pyridine rings is 1. The summed E-state index contributed by atoms with van der Waals surface area (Å²) in [6.07, 6.45) is 10.0. The molecule has 3 nitrogen and oxygen atoms in total. The summed E-state index contributed by atoms with van der Waals surface area (Å²) >= 11 is 0. The zero-order valence-corrected chi connectivity index (χ0v) is 19.6. The number of nitrogens with zero attached hydrogens (tertiary/aromatic N) is 2. The number of hydrogen-bond donors (Lipinski definition) is 1. The molecule has 0 spiro atoms. The summed E-state index contributed by atoms with van der Waals surface area (Å²) in [7, 11) is 0. The summed E-state index contributed by atoms with van der Waals surface area (Å²) in [6, 6.07) is 17.3. The molecule has 176 valence electrons. The second-order valence-electron chi connectivity index (χ2n) is 9.66. The van der Waals surface area contributed by atoms with Gasteiger partial charge in [0.25, 0.3) is 0 Å². The lowest BCUT2D eigenvalue weighted by atomic mass is 9.90. The highest BCUT2D eigenvalue weighted by Crippen LogP contribution is 2.42. The molecule has 2 aliphatic heterocycles. The normalized spacial score (nSPS) is 20.0. The number of aromatic amines is 1. The predicted octanol–water partition coefficient (Wildman–Crippen LogP) is 6.98. The Bertz CT molecular complexity index is 1390. The fourth-order valence-electron chi connectivity index (χ4n) is 5.62. The summed E-state index contributed by atoms with van der Waals surface area (Å²) in [4.78, 5) is 10.1. The topological polar surface area (TPSA) is 31.9 Å². The summed E-state index contributed by atoms with van der Waals surface area (Å²) < 4.78 is 27.7. The van der Waals surface area contributed by atoms with Crippen molar-refractivity contribution in [2.75, 3.05) is 13.1 Å². The second kappa shape index (κ2) is 8.90. The lowest BCUT2D eigenvalue weighted by molar-refractivity contribution is 0.286. The number of aryl methyl sites for hydroxylation is 1. The van der Waals surface area contributed by atoms with Crippen LogP contribution in [0.15, 0.2) is 79.3 Å². The predicted molar refractivity (Wildman–Crippen MR) is 136 cm³/mol. The van der Waals surface area contributed by atoms with Gasteiger partial charge in [0.15, 0.2) is 11.6 Å². The van der Waals surface area contributed by atoms with Gasteiger partial charge in [0.05, 0.1) is 5.69 Å². The van der Waals surface area contributed by atoms with Gasteiger partial charge in [-0.25, -0.2) is 8.78 Å². The van der Waals surface area contributed by atoms with Crippen LogP contribution in [0.3, 0.4) is 0 Å². The van der Waals surface area contributed by atoms with Gasteiger partial charge in [-0.3, -0.25) is 9.88 Å². The van der Waals surface area contributed by atoms with E-state index in [1.807, 2.05) is 18.3 Å². The summed E-state index contributed by atoms with van der Waals surface area (Å²) in [5, 5.41) is 0. The van der Waals surface area contributed by atoms with Crippen molar-refractivity contribution in [1.82, 2.24) is 14.9 Å². The molecule has 2 aromatic heterocycles. The molecule has 0 aliphatic carbocycles. The maximum Gasteiger partial charge on any atom is 0.159 e. The van der Waals surface area contributed by atoms with E-state index in [0.717, 1.165) is 48.3 Å². The van der Waals surface area contributed by atoms with Crippen LogP contribution in [0.4, 0.5) is 8.78 Å². The van der Waals surface area contributed by atoms with Gasteiger partial charge in [0, 0.05) is 54.4 Å². The molecular weight excluding hydrogens is 440 g/mol. The number of benzene rings is 2. The molecule has 0 bridgehead atoms. The maximum atomic E-state index is 14.1. The third-order valence-corrected chi connectivity index (χ3v) is 7.46. The van der Waals surface area contributed by atoms with E-state index >= 15 is 0 Å². The Morgan fingerprint density at radius 1 is 0.943 bits per heavy atom. The maximum absolute atomic E-state index is 14.1. The third kappa shape index (κ3) is 4.10. The first-order chi connectivity index (χ1) is 17.1. The molecule has 2 atom stereocenters. The number of fused-ring (bicyclic) bond motifs is 1. The molecule has 1 N–H and O–H groups in total. The smallest absolute Gasteiger partial charge is 0.159 e. The van der Waals surface area contributed by atoms with Gasteiger partial charge in [-0.2, -0.15) is 0 Å². The molecule has 0 radical (unpaired) electrons. The minimum absolute atomic E-state index is 0.400. The van der Waals surface area contributed by atoms with Gasteiger partial charge >= 0.3 is 0 Å². The number of nitrogens with one attached hydrogen (secondary N) is 1. The zero-order chi connectivity index (χ0) is 23.9. The molecule has 0 unspecified atom stereocenters. The fourth-order valence-corrected chi connectivity index (χ4v) is 5.62. The molecule has 5 heteroatoms. The molecular formula is C30H27F2N3. The number of aromatic nitrogens is 2. The van der Waals surface area contributed by atoms with Gasteiger partial charge < -0.3 is 4.98 Å². The minimum Gasteiger partial charge on any atom is -0.360 e.